The highest BCUT2D eigenvalue weighted by atomic mass is 16.2. The number of carbonyl (C=O) groups is 1. The summed E-state index contributed by atoms with van der Waals surface area (Å²) in [4.78, 5) is 14.1. The van der Waals surface area contributed by atoms with Crippen LogP contribution in [-0.4, -0.2) is 20.0 Å². The van der Waals surface area contributed by atoms with Crippen LogP contribution in [0.15, 0.2) is 42.5 Å². The zero-order valence-electron chi connectivity index (χ0n) is 12.3. The Labute approximate surface area is 124 Å². The van der Waals surface area contributed by atoms with Crippen LogP contribution in [0.5, 0.6) is 0 Å². The molecule has 0 atom stereocenters. The normalized spacial score (nSPS) is 9.81. The summed E-state index contributed by atoms with van der Waals surface area (Å²) in [5.74, 6) is -0.0783. The number of carbonyl (C=O) groups excluding carboxylic acids is 1. The average Bonchev–Trinajstić information content (AvgIpc) is 2.53. The highest BCUT2D eigenvalue weighted by Crippen LogP contribution is 2.20. The Balaban J connectivity index is 2.26. The van der Waals surface area contributed by atoms with Crippen LogP contribution in [0.3, 0.4) is 0 Å². The molecule has 0 heterocycles. The minimum Gasteiger partial charge on any atom is -0.388 e. The number of hydrogen-bond donors (Lipinski definition) is 1. The van der Waals surface area contributed by atoms with Crippen LogP contribution in [0.4, 0.5) is 11.4 Å². The molecule has 106 valence electrons. The largest absolute Gasteiger partial charge is 0.388 e. The summed E-state index contributed by atoms with van der Waals surface area (Å²) in [7, 11) is 3.58. The van der Waals surface area contributed by atoms with Gasteiger partial charge in [0.15, 0.2) is 0 Å². The van der Waals surface area contributed by atoms with Gasteiger partial charge in [-0.2, -0.15) is 5.26 Å². The van der Waals surface area contributed by atoms with Crippen molar-refractivity contribution in [2.75, 3.05) is 24.3 Å². The van der Waals surface area contributed by atoms with Gasteiger partial charge >= 0.3 is 0 Å². The smallest absolute Gasteiger partial charge is 0.258 e. The Morgan fingerprint density at radius 1 is 1.19 bits per heavy atom. The number of anilines is 2. The van der Waals surface area contributed by atoms with Crippen LogP contribution < -0.4 is 10.2 Å². The molecule has 2 aromatic rings. The second kappa shape index (κ2) is 6.10. The van der Waals surface area contributed by atoms with E-state index in [1.54, 1.807) is 42.3 Å². The Bertz CT molecular complexity index is 699. The van der Waals surface area contributed by atoms with Crippen molar-refractivity contribution >= 4 is 17.3 Å². The Hall–Kier alpha value is -2.80. The molecule has 21 heavy (non-hydrogen) atoms. The molecule has 0 fully saturated rings. The van der Waals surface area contributed by atoms with E-state index >= 15 is 0 Å². The van der Waals surface area contributed by atoms with Gasteiger partial charge in [-0.1, -0.05) is 0 Å². The third kappa shape index (κ3) is 3.03. The summed E-state index contributed by atoms with van der Waals surface area (Å²) in [6.07, 6.45) is 0. The van der Waals surface area contributed by atoms with Crippen molar-refractivity contribution in [3.05, 3.63) is 59.2 Å². The second-order valence-corrected chi connectivity index (χ2v) is 4.80. The predicted molar refractivity (Wildman–Crippen MR) is 84.6 cm³/mol. The number of nitrogens with zero attached hydrogens (tertiary/aromatic N) is 2. The lowest BCUT2D eigenvalue weighted by Crippen LogP contribution is -2.26. The summed E-state index contributed by atoms with van der Waals surface area (Å²) in [6.45, 7) is 1.96. The number of hydrogen-bond acceptors (Lipinski definition) is 3. The van der Waals surface area contributed by atoms with Crippen molar-refractivity contribution in [3.63, 3.8) is 0 Å². The van der Waals surface area contributed by atoms with E-state index in [2.05, 4.69) is 11.4 Å². The molecule has 0 saturated carbocycles. The minimum absolute atomic E-state index is 0.0783. The molecule has 0 aromatic heterocycles. The molecule has 0 aliphatic carbocycles. The van der Waals surface area contributed by atoms with Crippen LogP contribution in [-0.2, 0) is 0 Å². The van der Waals surface area contributed by atoms with Gasteiger partial charge in [0.2, 0.25) is 0 Å². The molecule has 1 amide bonds. The van der Waals surface area contributed by atoms with Gasteiger partial charge in [0.05, 0.1) is 11.6 Å². The Morgan fingerprint density at radius 3 is 2.38 bits per heavy atom. The van der Waals surface area contributed by atoms with Gasteiger partial charge < -0.3 is 10.2 Å². The van der Waals surface area contributed by atoms with Crippen molar-refractivity contribution in [2.45, 2.75) is 6.92 Å². The Kier molecular flexibility index (Phi) is 4.24. The molecule has 0 radical (unpaired) electrons. The van der Waals surface area contributed by atoms with Crippen molar-refractivity contribution < 1.29 is 4.79 Å². The minimum atomic E-state index is -0.0783. The fraction of sp³-hybridized carbons (Fsp3) is 0.176. The summed E-state index contributed by atoms with van der Waals surface area (Å²) < 4.78 is 0. The van der Waals surface area contributed by atoms with Gasteiger partial charge in [-0.25, -0.2) is 0 Å². The number of aryl methyl sites for hydroxylation is 1. The molecule has 2 aromatic carbocycles. The molecule has 4 nitrogen and oxygen atoms in total. The quantitative estimate of drug-likeness (QED) is 0.938. The zero-order chi connectivity index (χ0) is 15.4. The number of amides is 1. The van der Waals surface area contributed by atoms with Crippen LogP contribution in [0.1, 0.15) is 21.5 Å². The molecule has 0 saturated heterocycles. The third-order valence-corrected chi connectivity index (χ3v) is 3.43. The van der Waals surface area contributed by atoms with Crippen molar-refractivity contribution in [1.29, 1.82) is 5.26 Å². The highest BCUT2D eigenvalue weighted by molar-refractivity contribution is 6.06. The maximum atomic E-state index is 12.5. The van der Waals surface area contributed by atoms with E-state index in [0.717, 1.165) is 16.9 Å². The van der Waals surface area contributed by atoms with Gasteiger partial charge in [-0.3, -0.25) is 4.79 Å². The molecule has 0 bridgehead atoms. The summed E-state index contributed by atoms with van der Waals surface area (Å²) in [5, 5.41) is 11.9. The van der Waals surface area contributed by atoms with Gasteiger partial charge in [0.1, 0.15) is 0 Å². The fourth-order valence-electron chi connectivity index (χ4n) is 2.15. The van der Waals surface area contributed by atoms with Crippen molar-refractivity contribution in [1.82, 2.24) is 0 Å². The second-order valence-electron chi connectivity index (χ2n) is 4.80. The number of nitriles is 1. The topological polar surface area (TPSA) is 56.1 Å². The lowest BCUT2D eigenvalue weighted by molar-refractivity contribution is 0.0993. The molecule has 2 rings (SSSR count). The summed E-state index contributed by atoms with van der Waals surface area (Å²) in [5.41, 5.74) is 4.01. The van der Waals surface area contributed by atoms with Gasteiger partial charge in [0.25, 0.3) is 5.91 Å². The SMILES string of the molecule is CNc1ccc(C(=O)N(C)c2ccc(C#N)cc2)cc1C. The number of rotatable bonds is 3. The standard InChI is InChI=1S/C17H17N3O/c1-12-10-14(6-9-16(12)19-2)17(21)20(3)15-7-4-13(11-18)5-8-15/h4-10,19H,1-3H3. The fourth-order valence-corrected chi connectivity index (χ4v) is 2.15. The number of nitrogens with one attached hydrogen (secondary N) is 1. The highest BCUT2D eigenvalue weighted by Gasteiger charge is 2.14. The first-order valence-electron chi connectivity index (χ1n) is 6.63. The summed E-state index contributed by atoms with van der Waals surface area (Å²) >= 11 is 0. The molecule has 0 aliphatic heterocycles. The van der Waals surface area contributed by atoms with E-state index in [0.29, 0.717) is 11.1 Å². The van der Waals surface area contributed by atoms with Crippen LogP contribution in [0, 0.1) is 18.3 Å². The molecule has 4 heteroatoms. The molecule has 0 aliphatic rings. The first-order chi connectivity index (χ1) is 10.1. The van der Waals surface area contributed by atoms with Crippen LogP contribution >= 0.6 is 0 Å². The first-order valence-corrected chi connectivity index (χ1v) is 6.63. The van der Waals surface area contributed by atoms with Crippen molar-refractivity contribution in [2.24, 2.45) is 0 Å². The lowest BCUT2D eigenvalue weighted by atomic mass is 10.1. The first kappa shape index (κ1) is 14.6. The summed E-state index contributed by atoms with van der Waals surface area (Å²) in [6, 6.07) is 14.6. The zero-order valence-corrected chi connectivity index (χ0v) is 12.3. The molecular formula is C17H17N3O. The predicted octanol–water partition coefficient (Wildman–Crippen LogP) is 3.19. The monoisotopic (exact) mass is 279 g/mol. The number of benzene rings is 2. The third-order valence-electron chi connectivity index (χ3n) is 3.43. The maximum Gasteiger partial charge on any atom is 0.258 e. The maximum absolute atomic E-state index is 12.5. The Morgan fingerprint density at radius 2 is 1.86 bits per heavy atom. The van der Waals surface area contributed by atoms with E-state index < -0.39 is 0 Å². The average molecular weight is 279 g/mol. The van der Waals surface area contributed by atoms with E-state index in [1.807, 2.05) is 26.1 Å². The molecular weight excluding hydrogens is 262 g/mol. The van der Waals surface area contributed by atoms with E-state index in [9.17, 15) is 4.79 Å². The van der Waals surface area contributed by atoms with Gasteiger partial charge in [0, 0.05) is 31.0 Å². The van der Waals surface area contributed by atoms with E-state index in [4.69, 9.17) is 5.26 Å². The van der Waals surface area contributed by atoms with Crippen LogP contribution in [0.2, 0.25) is 0 Å². The van der Waals surface area contributed by atoms with Gasteiger partial charge in [-0.05, 0) is 55.0 Å². The molecule has 0 spiro atoms. The van der Waals surface area contributed by atoms with E-state index in [1.165, 1.54) is 0 Å². The lowest BCUT2D eigenvalue weighted by Gasteiger charge is -2.18. The molecule has 0 unspecified atom stereocenters. The van der Waals surface area contributed by atoms with Crippen molar-refractivity contribution in [3.8, 4) is 6.07 Å². The van der Waals surface area contributed by atoms with Crippen LogP contribution in [0.25, 0.3) is 0 Å². The van der Waals surface area contributed by atoms with Gasteiger partial charge in [-0.15, -0.1) is 0 Å². The van der Waals surface area contributed by atoms with E-state index in [-0.39, 0.29) is 5.91 Å². The molecule has 1 N–H and O–H groups in total.